The second-order valence-corrected chi connectivity index (χ2v) is 13.0. The topological polar surface area (TPSA) is 35.9 Å². The zero-order chi connectivity index (χ0) is 30.5. The van der Waals surface area contributed by atoms with Gasteiger partial charge in [0.1, 0.15) is 18.5 Å². The molecule has 0 spiro atoms. The van der Waals surface area contributed by atoms with E-state index in [0.717, 1.165) is 72.2 Å². The zero-order valence-corrected chi connectivity index (χ0v) is 25.3. The lowest BCUT2D eigenvalue weighted by Gasteiger charge is -2.40. The molecule has 5 aromatic carbocycles. The van der Waals surface area contributed by atoms with Crippen LogP contribution in [-0.2, 0) is 0 Å². The van der Waals surface area contributed by atoms with Crippen LogP contribution in [0.3, 0.4) is 0 Å². The van der Waals surface area contributed by atoms with Crippen molar-refractivity contribution < 1.29 is 18.6 Å². The minimum absolute atomic E-state index is 0.200. The first kappa shape index (κ1) is 28.6. The number of aliphatic hydroxyl groups excluding tert-OH is 1. The number of hydrogen-bond acceptors (Lipinski definition) is 4. The van der Waals surface area contributed by atoms with Crippen molar-refractivity contribution in [2.45, 2.75) is 43.2 Å². The summed E-state index contributed by atoms with van der Waals surface area (Å²) < 4.78 is 37.8. The Morgan fingerprint density at radius 2 is 1.31 bits per heavy atom. The number of fused-ring (bicyclic) bond motifs is 4. The fourth-order valence-electron chi connectivity index (χ4n) is 7.54. The molecule has 1 heterocycles. The Morgan fingerprint density at radius 1 is 0.667 bits per heavy atom. The molecule has 2 aliphatic carbocycles. The Morgan fingerprint density at radius 3 is 2.07 bits per heavy atom. The molecular formula is C39H38F2N2O2. The number of ether oxygens (including phenoxy) is 1. The van der Waals surface area contributed by atoms with Gasteiger partial charge in [-0.15, -0.1) is 0 Å². The number of benzene rings is 5. The molecule has 1 aliphatic heterocycles. The summed E-state index contributed by atoms with van der Waals surface area (Å²) in [6.07, 6.45) is -1.89. The summed E-state index contributed by atoms with van der Waals surface area (Å²) in [5.74, 6) is 1.08. The summed E-state index contributed by atoms with van der Waals surface area (Å²) in [4.78, 5) is 4.63. The predicted octanol–water partition coefficient (Wildman–Crippen LogP) is 8.05. The largest absolute Gasteiger partial charge is 0.491 e. The lowest BCUT2D eigenvalue weighted by atomic mass is 9.89. The maximum atomic E-state index is 16.0. The van der Waals surface area contributed by atoms with Crippen LogP contribution in [0.1, 0.15) is 65.0 Å². The first-order valence-electron chi connectivity index (χ1n) is 16.2. The van der Waals surface area contributed by atoms with Gasteiger partial charge in [-0.3, -0.25) is 9.80 Å². The molecule has 0 bridgehead atoms. The lowest BCUT2D eigenvalue weighted by Crippen LogP contribution is -2.50. The third-order valence-corrected chi connectivity index (χ3v) is 9.97. The molecule has 0 radical (unpaired) electrons. The van der Waals surface area contributed by atoms with Gasteiger partial charge in [-0.2, -0.15) is 0 Å². The Hall–Kier alpha value is -3.84. The van der Waals surface area contributed by atoms with Crippen molar-refractivity contribution in [1.82, 2.24) is 9.80 Å². The minimum Gasteiger partial charge on any atom is -0.491 e. The maximum Gasteiger partial charge on any atom is 0.161 e. The van der Waals surface area contributed by atoms with Gasteiger partial charge in [0.05, 0.1) is 6.04 Å². The van der Waals surface area contributed by atoms with Crippen molar-refractivity contribution in [2.75, 3.05) is 39.3 Å². The second kappa shape index (κ2) is 11.8. The molecule has 4 atom stereocenters. The Kier molecular flexibility index (Phi) is 7.52. The van der Waals surface area contributed by atoms with Crippen molar-refractivity contribution >= 4 is 21.5 Å². The van der Waals surface area contributed by atoms with Crippen LogP contribution >= 0.6 is 0 Å². The van der Waals surface area contributed by atoms with E-state index in [1.54, 1.807) is 6.07 Å². The zero-order valence-electron chi connectivity index (χ0n) is 25.3. The third-order valence-electron chi connectivity index (χ3n) is 9.97. The number of halogens is 2. The molecule has 2 fully saturated rings. The van der Waals surface area contributed by atoms with Crippen molar-refractivity contribution in [3.8, 4) is 5.75 Å². The summed E-state index contributed by atoms with van der Waals surface area (Å²) in [5.41, 5.74) is 3.80. The fourth-order valence-corrected chi connectivity index (χ4v) is 7.54. The highest BCUT2D eigenvalue weighted by molar-refractivity contribution is 5.98. The van der Waals surface area contributed by atoms with Gasteiger partial charge < -0.3 is 9.84 Å². The fraction of sp³-hybridized carbons (Fsp3) is 0.333. The first-order chi connectivity index (χ1) is 22.0. The van der Waals surface area contributed by atoms with Gasteiger partial charge in [0.25, 0.3) is 0 Å². The van der Waals surface area contributed by atoms with E-state index in [4.69, 9.17) is 4.74 Å². The second-order valence-electron chi connectivity index (χ2n) is 13.0. The Labute approximate surface area is 262 Å². The van der Waals surface area contributed by atoms with Crippen LogP contribution in [0.5, 0.6) is 5.75 Å². The van der Waals surface area contributed by atoms with Gasteiger partial charge in [-0.05, 0) is 92.4 Å². The van der Waals surface area contributed by atoms with Gasteiger partial charge in [0.15, 0.2) is 12.3 Å². The van der Waals surface area contributed by atoms with E-state index in [9.17, 15) is 5.11 Å². The van der Waals surface area contributed by atoms with E-state index >= 15 is 8.78 Å². The summed E-state index contributed by atoms with van der Waals surface area (Å²) in [6, 6.07) is 32.1. The summed E-state index contributed by atoms with van der Waals surface area (Å²) in [5, 5.41) is 15.6. The van der Waals surface area contributed by atoms with E-state index in [1.807, 2.05) is 60.7 Å². The third kappa shape index (κ3) is 5.50. The number of nitrogens with zero attached hydrogens (tertiary/aromatic N) is 2. The maximum absolute atomic E-state index is 16.0. The van der Waals surface area contributed by atoms with Crippen LogP contribution in [0.4, 0.5) is 8.78 Å². The number of alkyl halides is 2. The van der Waals surface area contributed by atoms with Crippen LogP contribution in [-0.4, -0.2) is 60.3 Å². The molecule has 230 valence electrons. The predicted molar refractivity (Wildman–Crippen MR) is 175 cm³/mol. The number of β-amino-alcohol motifs (C(OH)–C–C–N with tert-alkyl or cyclic N) is 1. The number of hydrogen-bond donors (Lipinski definition) is 1. The van der Waals surface area contributed by atoms with Crippen LogP contribution in [0, 0.1) is 0 Å². The number of piperazine rings is 1. The van der Waals surface area contributed by atoms with E-state index in [2.05, 4.69) is 40.1 Å². The molecule has 3 unspecified atom stereocenters. The minimum atomic E-state index is -1.68. The summed E-state index contributed by atoms with van der Waals surface area (Å²) >= 11 is 0. The highest BCUT2D eigenvalue weighted by Crippen LogP contribution is 2.53. The molecule has 8 rings (SSSR count). The first-order valence-corrected chi connectivity index (χ1v) is 16.2. The van der Waals surface area contributed by atoms with Gasteiger partial charge in [0, 0.05) is 32.7 Å². The van der Waals surface area contributed by atoms with Crippen molar-refractivity contribution in [3.05, 3.63) is 125 Å². The van der Waals surface area contributed by atoms with E-state index in [-0.39, 0.29) is 12.6 Å². The monoisotopic (exact) mass is 604 g/mol. The molecule has 0 aromatic heterocycles. The van der Waals surface area contributed by atoms with E-state index in [0.29, 0.717) is 23.6 Å². The van der Waals surface area contributed by atoms with Crippen molar-refractivity contribution in [1.29, 1.82) is 0 Å². The Balaban J connectivity index is 0.948. The van der Waals surface area contributed by atoms with Gasteiger partial charge in [-0.25, -0.2) is 8.78 Å². The van der Waals surface area contributed by atoms with Crippen LogP contribution < -0.4 is 4.74 Å². The van der Waals surface area contributed by atoms with Crippen molar-refractivity contribution in [3.63, 3.8) is 0 Å². The quantitative estimate of drug-likeness (QED) is 0.191. The summed E-state index contributed by atoms with van der Waals surface area (Å²) in [6.45, 7) is 3.72. The normalized spacial score (nSPS) is 23.0. The van der Waals surface area contributed by atoms with Gasteiger partial charge in [0.2, 0.25) is 0 Å². The number of aliphatic hydroxyl groups is 1. The molecule has 4 nitrogen and oxygen atoms in total. The van der Waals surface area contributed by atoms with Crippen LogP contribution in [0.15, 0.2) is 97.1 Å². The highest BCUT2D eigenvalue weighted by atomic mass is 19.2. The molecule has 0 amide bonds. The lowest BCUT2D eigenvalue weighted by molar-refractivity contribution is 0.0400. The highest BCUT2D eigenvalue weighted by Gasteiger charge is 2.42. The Bertz CT molecular complexity index is 1850. The molecule has 1 N–H and O–H groups in total. The molecule has 6 heteroatoms. The molecular weight excluding hydrogens is 566 g/mol. The van der Waals surface area contributed by atoms with E-state index in [1.165, 1.54) is 10.8 Å². The smallest absolute Gasteiger partial charge is 0.161 e. The number of rotatable bonds is 7. The average Bonchev–Trinajstić information content (AvgIpc) is 3.93. The van der Waals surface area contributed by atoms with Gasteiger partial charge in [-0.1, -0.05) is 72.8 Å². The summed E-state index contributed by atoms with van der Waals surface area (Å²) in [7, 11) is 0. The van der Waals surface area contributed by atoms with Crippen LogP contribution in [0.25, 0.3) is 21.5 Å². The molecule has 5 aromatic rings. The standard InChI is InChI=1S/C39H38F2N2O2/c40-37-33-8-3-4-9-34(33)39(35-11-5-10-32(25-12-13-25)36(35)38(37)41)43-18-16-42(17-19-43)23-30(44)24-45-31-15-14-28-20-26-6-1-2-7-27(26)21-29(28)22-31/h1-11,14-15,20-22,25,30,37-39,44H,12-13,16-19,23-24H2/t30-,37?,38?,39?/m0/s1. The van der Waals surface area contributed by atoms with Crippen LogP contribution in [0.2, 0.25) is 0 Å². The molecule has 45 heavy (non-hydrogen) atoms. The average molecular weight is 605 g/mol. The SMILES string of the molecule is O[C@H](COc1ccc2cc3ccccc3cc2c1)CN1CCN(C2c3ccccc3C(F)C(F)c3c(C4CC4)cccc32)CC1. The van der Waals surface area contributed by atoms with E-state index < -0.39 is 18.4 Å². The van der Waals surface area contributed by atoms with Gasteiger partial charge >= 0.3 is 0 Å². The molecule has 1 saturated heterocycles. The van der Waals surface area contributed by atoms with Crippen molar-refractivity contribution in [2.24, 2.45) is 0 Å². The molecule has 1 saturated carbocycles. The molecule has 3 aliphatic rings.